The molecule has 1 heterocycles. The number of benzene rings is 2. The van der Waals surface area contributed by atoms with Crippen LogP contribution < -0.4 is 10.1 Å². The zero-order valence-corrected chi connectivity index (χ0v) is 16.5. The average molecular weight is 381 g/mol. The Morgan fingerprint density at radius 1 is 1.07 bits per heavy atom. The average Bonchev–Trinajstić information content (AvgIpc) is 2.70. The molecule has 6 nitrogen and oxygen atoms in total. The largest absolute Gasteiger partial charge is 0.497 e. The molecule has 0 aliphatic carbocycles. The number of aromatic nitrogens is 1. The van der Waals surface area contributed by atoms with Crippen LogP contribution in [0, 0.1) is 0 Å². The second-order valence-corrected chi connectivity index (χ2v) is 7.01. The Hall–Kier alpha value is -2.67. The van der Waals surface area contributed by atoms with Gasteiger partial charge in [0.1, 0.15) is 5.75 Å². The Bertz CT molecular complexity index is 924. The molecule has 0 unspecified atom stereocenters. The number of methoxy groups -OCH3 is 1. The van der Waals surface area contributed by atoms with Gasteiger partial charge in [-0.25, -0.2) is 0 Å². The Morgan fingerprint density at radius 2 is 1.79 bits per heavy atom. The van der Waals surface area contributed by atoms with E-state index < -0.39 is 6.29 Å². The molecule has 0 spiro atoms. The van der Waals surface area contributed by atoms with E-state index >= 15 is 0 Å². The van der Waals surface area contributed by atoms with Crippen molar-refractivity contribution in [2.45, 2.75) is 12.7 Å². The van der Waals surface area contributed by atoms with E-state index in [1.807, 2.05) is 56.6 Å². The third kappa shape index (κ3) is 4.59. The van der Waals surface area contributed by atoms with Gasteiger partial charge >= 0.3 is 0 Å². The minimum atomic E-state index is -1.59. The van der Waals surface area contributed by atoms with Gasteiger partial charge in [-0.3, -0.25) is 4.98 Å². The van der Waals surface area contributed by atoms with Crippen LogP contribution in [0.25, 0.3) is 22.0 Å². The summed E-state index contributed by atoms with van der Waals surface area (Å²) in [6.07, 6.45) is 0.877. The molecule has 0 radical (unpaired) electrons. The lowest BCUT2D eigenvalue weighted by molar-refractivity contribution is -0.0420. The molecule has 6 heteroatoms. The fraction of sp³-hybridized carbons (Fsp3) is 0.318. The lowest BCUT2D eigenvalue weighted by Crippen LogP contribution is -2.17. The van der Waals surface area contributed by atoms with Crippen LogP contribution in [0.15, 0.2) is 48.7 Å². The summed E-state index contributed by atoms with van der Waals surface area (Å²) in [5.74, 6) is 0.806. The molecular formula is C22H27N3O3. The molecule has 28 heavy (non-hydrogen) atoms. The lowest BCUT2D eigenvalue weighted by atomic mass is 10.0. The molecule has 0 aliphatic heterocycles. The molecule has 0 amide bonds. The zero-order valence-electron chi connectivity index (χ0n) is 16.5. The van der Waals surface area contributed by atoms with Gasteiger partial charge in [-0.05, 0) is 62.5 Å². The van der Waals surface area contributed by atoms with Gasteiger partial charge in [-0.1, -0.05) is 18.2 Å². The smallest absolute Gasteiger partial charge is 0.182 e. The number of aliphatic hydroxyl groups is 2. The first-order valence-electron chi connectivity index (χ1n) is 9.31. The highest BCUT2D eigenvalue weighted by Gasteiger charge is 2.15. The predicted octanol–water partition coefficient (Wildman–Crippen LogP) is 3.26. The SMILES string of the molecule is COc1ccc(-c2ccc3ncc(C(O)O)c(NCCCN(C)C)c3c2)cc1. The van der Waals surface area contributed by atoms with Crippen molar-refractivity contribution in [3.8, 4) is 16.9 Å². The van der Waals surface area contributed by atoms with Crippen LogP contribution in [0.4, 0.5) is 5.69 Å². The van der Waals surface area contributed by atoms with E-state index in [-0.39, 0.29) is 0 Å². The van der Waals surface area contributed by atoms with Crippen molar-refractivity contribution < 1.29 is 14.9 Å². The van der Waals surface area contributed by atoms with Gasteiger partial charge in [0.2, 0.25) is 0 Å². The van der Waals surface area contributed by atoms with Crippen molar-refractivity contribution >= 4 is 16.6 Å². The molecule has 3 rings (SSSR count). The monoisotopic (exact) mass is 381 g/mol. The number of hydrogen-bond acceptors (Lipinski definition) is 6. The number of pyridine rings is 1. The van der Waals surface area contributed by atoms with Crippen LogP contribution >= 0.6 is 0 Å². The number of nitrogens with zero attached hydrogens (tertiary/aromatic N) is 2. The van der Waals surface area contributed by atoms with E-state index in [2.05, 4.69) is 15.2 Å². The summed E-state index contributed by atoms with van der Waals surface area (Å²) in [5, 5.41) is 23.9. The van der Waals surface area contributed by atoms with Gasteiger partial charge in [0.25, 0.3) is 0 Å². The standard InChI is InChI=1S/C22H27N3O3/c1-25(2)12-4-11-23-21-18-13-16(15-5-8-17(28-3)9-6-15)7-10-20(18)24-14-19(21)22(26)27/h5-10,13-14,22,26-27H,4,11-12H2,1-3H3,(H,23,24). The zero-order chi connectivity index (χ0) is 20.1. The maximum absolute atomic E-state index is 9.81. The number of aliphatic hydroxyl groups excluding tert-OH is 1. The molecule has 0 bridgehead atoms. The lowest BCUT2D eigenvalue weighted by Gasteiger charge is -2.17. The quantitative estimate of drug-likeness (QED) is 0.411. The van der Waals surface area contributed by atoms with Gasteiger partial charge in [-0.2, -0.15) is 0 Å². The third-order valence-electron chi connectivity index (χ3n) is 4.68. The van der Waals surface area contributed by atoms with Crippen LogP contribution in [0.3, 0.4) is 0 Å². The van der Waals surface area contributed by atoms with Crippen molar-refractivity contribution in [2.75, 3.05) is 39.6 Å². The number of anilines is 1. The van der Waals surface area contributed by atoms with E-state index in [4.69, 9.17) is 4.74 Å². The molecule has 0 fully saturated rings. The third-order valence-corrected chi connectivity index (χ3v) is 4.68. The normalized spacial score (nSPS) is 11.4. The van der Waals surface area contributed by atoms with Crippen molar-refractivity contribution in [3.63, 3.8) is 0 Å². The first-order chi connectivity index (χ1) is 13.5. The predicted molar refractivity (Wildman–Crippen MR) is 113 cm³/mol. The molecular weight excluding hydrogens is 354 g/mol. The Balaban J connectivity index is 1.99. The Morgan fingerprint density at radius 3 is 2.43 bits per heavy atom. The van der Waals surface area contributed by atoms with Crippen LogP contribution in [-0.4, -0.2) is 54.4 Å². The fourth-order valence-corrected chi connectivity index (χ4v) is 3.17. The summed E-state index contributed by atoms with van der Waals surface area (Å²) in [4.78, 5) is 6.51. The van der Waals surface area contributed by atoms with Crippen molar-refractivity contribution in [1.29, 1.82) is 0 Å². The maximum Gasteiger partial charge on any atom is 0.182 e. The van der Waals surface area contributed by atoms with Crippen LogP contribution in [0.5, 0.6) is 5.75 Å². The van der Waals surface area contributed by atoms with Gasteiger partial charge in [0, 0.05) is 23.7 Å². The summed E-state index contributed by atoms with van der Waals surface area (Å²) in [6, 6.07) is 13.8. The first-order valence-corrected chi connectivity index (χ1v) is 9.31. The summed E-state index contributed by atoms with van der Waals surface area (Å²) < 4.78 is 5.23. The fourth-order valence-electron chi connectivity index (χ4n) is 3.17. The minimum Gasteiger partial charge on any atom is -0.497 e. The highest BCUT2D eigenvalue weighted by molar-refractivity contribution is 5.95. The van der Waals surface area contributed by atoms with Crippen molar-refractivity contribution in [3.05, 3.63) is 54.2 Å². The molecule has 148 valence electrons. The number of hydrogen-bond donors (Lipinski definition) is 3. The van der Waals surface area contributed by atoms with Crippen LogP contribution in [0.1, 0.15) is 18.3 Å². The summed E-state index contributed by atoms with van der Waals surface area (Å²) in [7, 11) is 5.71. The molecule has 1 aromatic heterocycles. The van der Waals surface area contributed by atoms with Crippen molar-refractivity contribution in [1.82, 2.24) is 9.88 Å². The number of ether oxygens (including phenoxy) is 1. The summed E-state index contributed by atoms with van der Waals surface area (Å²) >= 11 is 0. The summed E-state index contributed by atoms with van der Waals surface area (Å²) in [6.45, 7) is 1.67. The number of fused-ring (bicyclic) bond motifs is 1. The summed E-state index contributed by atoms with van der Waals surface area (Å²) in [5.41, 5.74) is 3.98. The van der Waals surface area contributed by atoms with Gasteiger partial charge in [0.15, 0.2) is 6.29 Å². The Labute approximate surface area is 165 Å². The van der Waals surface area contributed by atoms with Crippen LogP contribution in [0.2, 0.25) is 0 Å². The first kappa shape index (κ1) is 20.1. The molecule has 0 atom stereocenters. The molecule has 3 N–H and O–H groups in total. The Kier molecular flexibility index (Phi) is 6.46. The minimum absolute atomic E-state index is 0.379. The van der Waals surface area contributed by atoms with E-state index in [1.165, 1.54) is 6.20 Å². The topological polar surface area (TPSA) is 77.8 Å². The van der Waals surface area contributed by atoms with E-state index in [0.29, 0.717) is 11.3 Å². The highest BCUT2D eigenvalue weighted by atomic mass is 16.5. The van der Waals surface area contributed by atoms with E-state index in [0.717, 1.165) is 47.3 Å². The van der Waals surface area contributed by atoms with E-state index in [1.54, 1.807) is 7.11 Å². The molecule has 0 saturated heterocycles. The second-order valence-electron chi connectivity index (χ2n) is 7.01. The van der Waals surface area contributed by atoms with Gasteiger partial charge in [-0.15, -0.1) is 0 Å². The van der Waals surface area contributed by atoms with Crippen molar-refractivity contribution in [2.24, 2.45) is 0 Å². The maximum atomic E-state index is 9.81. The highest BCUT2D eigenvalue weighted by Crippen LogP contribution is 2.33. The van der Waals surface area contributed by atoms with Crippen LogP contribution in [-0.2, 0) is 0 Å². The van der Waals surface area contributed by atoms with E-state index in [9.17, 15) is 10.2 Å². The van der Waals surface area contributed by atoms with Gasteiger partial charge in [0.05, 0.1) is 18.3 Å². The second kappa shape index (κ2) is 9.01. The molecule has 2 aromatic carbocycles. The molecule has 3 aromatic rings. The van der Waals surface area contributed by atoms with Gasteiger partial charge < -0.3 is 25.2 Å². The molecule has 0 saturated carbocycles. The number of nitrogens with one attached hydrogen (secondary N) is 1. The number of rotatable bonds is 8. The molecule has 0 aliphatic rings.